The van der Waals surface area contributed by atoms with Crippen LogP contribution in [0.4, 0.5) is 5.69 Å². The third-order valence-electron chi connectivity index (χ3n) is 3.10. The number of hydrogen-bond donors (Lipinski definition) is 1. The van der Waals surface area contributed by atoms with E-state index in [1.807, 2.05) is 30.3 Å². The summed E-state index contributed by atoms with van der Waals surface area (Å²) in [6.45, 7) is 3.79. The molecule has 0 saturated heterocycles. The van der Waals surface area contributed by atoms with Crippen molar-refractivity contribution in [3.8, 4) is 5.75 Å². The minimum atomic E-state index is -0.990. The zero-order valence-corrected chi connectivity index (χ0v) is 12.0. The van der Waals surface area contributed by atoms with E-state index >= 15 is 0 Å². The fraction of sp³-hybridized carbons (Fsp3) is 0.176. The van der Waals surface area contributed by atoms with Crippen molar-refractivity contribution in [2.45, 2.75) is 13.8 Å². The number of nitrogens with zero attached hydrogens (tertiary/aromatic N) is 1. The molecule has 4 heteroatoms. The lowest BCUT2D eigenvalue weighted by Crippen LogP contribution is -2.09. The van der Waals surface area contributed by atoms with Gasteiger partial charge in [-0.3, -0.25) is 4.99 Å². The number of aliphatic carboxylic acids is 1. The molecule has 2 rings (SSSR count). The average molecular weight is 283 g/mol. The van der Waals surface area contributed by atoms with Crippen molar-refractivity contribution in [2.24, 2.45) is 4.99 Å². The van der Waals surface area contributed by atoms with Crippen molar-refractivity contribution in [3.63, 3.8) is 0 Å². The van der Waals surface area contributed by atoms with Gasteiger partial charge in [-0.2, -0.15) is 0 Å². The van der Waals surface area contributed by atoms with Gasteiger partial charge >= 0.3 is 5.97 Å². The first-order valence-corrected chi connectivity index (χ1v) is 6.60. The smallest absolute Gasteiger partial charge is 0.341 e. The monoisotopic (exact) mass is 283 g/mol. The van der Waals surface area contributed by atoms with Crippen LogP contribution < -0.4 is 4.74 Å². The van der Waals surface area contributed by atoms with Gasteiger partial charge in [-0.15, -0.1) is 0 Å². The van der Waals surface area contributed by atoms with Crippen LogP contribution in [0.3, 0.4) is 0 Å². The van der Waals surface area contributed by atoms with Gasteiger partial charge in [-0.25, -0.2) is 4.79 Å². The van der Waals surface area contributed by atoms with Crippen LogP contribution in [0.5, 0.6) is 5.75 Å². The molecule has 0 radical (unpaired) electrons. The lowest BCUT2D eigenvalue weighted by molar-refractivity contribution is -0.139. The van der Waals surface area contributed by atoms with Crippen LogP contribution in [0, 0.1) is 13.8 Å². The minimum absolute atomic E-state index is 0.337. The summed E-state index contributed by atoms with van der Waals surface area (Å²) in [5.41, 5.74) is 4.29. The van der Waals surface area contributed by atoms with Crippen molar-refractivity contribution < 1.29 is 14.6 Å². The summed E-state index contributed by atoms with van der Waals surface area (Å²) in [6.07, 6.45) is 1.77. The predicted octanol–water partition coefficient (Wildman–Crippen LogP) is 3.52. The molecule has 0 fully saturated rings. The summed E-state index contributed by atoms with van der Waals surface area (Å²) < 4.78 is 5.07. The van der Waals surface area contributed by atoms with Gasteiger partial charge in [-0.1, -0.05) is 6.07 Å². The summed E-state index contributed by atoms with van der Waals surface area (Å²) in [5.74, 6) is -0.462. The zero-order chi connectivity index (χ0) is 15.2. The topological polar surface area (TPSA) is 58.9 Å². The number of hydrogen-bond acceptors (Lipinski definition) is 3. The van der Waals surface area contributed by atoms with E-state index in [1.54, 1.807) is 18.3 Å². The highest BCUT2D eigenvalue weighted by Gasteiger charge is 1.99. The Kier molecular flexibility index (Phi) is 4.72. The van der Waals surface area contributed by atoms with Crippen LogP contribution in [0.25, 0.3) is 0 Å². The Morgan fingerprint density at radius 2 is 1.86 bits per heavy atom. The van der Waals surface area contributed by atoms with Crippen molar-refractivity contribution in [1.82, 2.24) is 0 Å². The summed E-state index contributed by atoms with van der Waals surface area (Å²) >= 11 is 0. The van der Waals surface area contributed by atoms with Crippen molar-refractivity contribution in [1.29, 1.82) is 0 Å². The van der Waals surface area contributed by atoms with E-state index in [2.05, 4.69) is 18.8 Å². The van der Waals surface area contributed by atoms with Gasteiger partial charge in [0.15, 0.2) is 6.61 Å². The highest BCUT2D eigenvalue weighted by molar-refractivity contribution is 5.82. The first kappa shape index (κ1) is 14.8. The number of carboxylic acid groups (broad SMARTS) is 1. The van der Waals surface area contributed by atoms with Gasteiger partial charge in [0.05, 0.1) is 5.69 Å². The molecule has 0 atom stereocenters. The molecule has 0 bridgehead atoms. The van der Waals surface area contributed by atoms with E-state index in [-0.39, 0.29) is 6.61 Å². The maximum absolute atomic E-state index is 10.4. The Balaban J connectivity index is 2.03. The molecule has 2 aromatic carbocycles. The maximum Gasteiger partial charge on any atom is 0.341 e. The Labute approximate surface area is 123 Å². The number of rotatable bonds is 5. The molecule has 1 N–H and O–H groups in total. The molecule has 0 saturated carbocycles. The molecule has 0 aliphatic heterocycles. The van der Waals surface area contributed by atoms with Crippen LogP contribution >= 0.6 is 0 Å². The van der Waals surface area contributed by atoms with Gasteiger partial charge in [0.25, 0.3) is 0 Å². The number of carbonyl (C=O) groups is 1. The molecule has 0 unspecified atom stereocenters. The Morgan fingerprint density at radius 1 is 1.14 bits per heavy atom. The van der Waals surface area contributed by atoms with E-state index in [1.165, 1.54) is 11.1 Å². The second kappa shape index (κ2) is 6.70. The first-order chi connectivity index (χ1) is 10.0. The molecule has 0 heterocycles. The lowest BCUT2D eigenvalue weighted by atomic mass is 10.1. The van der Waals surface area contributed by atoms with Crippen LogP contribution in [0.1, 0.15) is 16.7 Å². The third-order valence-corrected chi connectivity index (χ3v) is 3.10. The lowest BCUT2D eigenvalue weighted by Gasteiger charge is -2.03. The van der Waals surface area contributed by atoms with Gasteiger partial charge in [0.1, 0.15) is 5.75 Å². The fourth-order valence-electron chi connectivity index (χ4n) is 1.75. The van der Waals surface area contributed by atoms with E-state index in [4.69, 9.17) is 9.84 Å². The summed E-state index contributed by atoms with van der Waals surface area (Å²) in [7, 11) is 0. The highest BCUT2D eigenvalue weighted by atomic mass is 16.5. The van der Waals surface area contributed by atoms with Gasteiger partial charge in [0, 0.05) is 6.21 Å². The average Bonchev–Trinajstić information content (AvgIpc) is 2.47. The fourth-order valence-corrected chi connectivity index (χ4v) is 1.75. The van der Waals surface area contributed by atoms with Crippen molar-refractivity contribution in [3.05, 3.63) is 59.2 Å². The van der Waals surface area contributed by atoms with Crippen LogP contribution in [-0.4, -0.2) is 23.9 Å². The van der Waals surface area contributed by atoms with Gasteiger partial charge in [0.2, 0.25) is 0 Å². The van der Waals surface area contributed by atoms with Crippen molar-refractivity contribution >= 4 is 17.9 Å². The molecule has 2 aromatic rings. The van der Waals surface area contributed by atoms with E-state index in [0.717, 1.165) is 11.3 Å². The molecule has 0 aliphatic rings. The minimum Gasteiger partial charge on any atom is -0.482 e. The Bertz CT molecular complexity index is 660. The number of ether oxygens (including phenoxy) is 1. The number of benzene rings is 2. The number of carboxylic acids is 1. The summed E-state index contributed by atoms with van der Waals surface area (Å²) in [4.78, 5) is 14.8. The summed E-state index contributed by atoms with van der Waals surface area (Å²) in [6, 6.07) is 13.2. The molecule has 0 aromatic heterocycles. The molecular formula is C17H17NO3. The quantitative estimate of drug-likeness (QED) is 0.854. The second-order valence-corrected chi connectivity index (χ2v) is 4.78. The molecule has 0 aliphatic carbocycles. The highest BCUT2D eigenvalue weighted by Crippen LogP contribution is 2.17. The van der Waals surface area contributed by atoms with Gasteiger partial charge in [-0.05, 0) is 66.9 Å². The van der Waals surface area contributed by atoms with Crippen molar-refractivity contribution in [2.75, 3.05) is 6.61 Å². The van der Waals surface area contributed by atoms with Crippen LogP contribution in [0.15, 0.2) is 47.5 Å². The van der Waals surface area contributed by atoms with E-state index in [0.29, 0.717) is 5.75 Å². The number of aliphatic imine (C=N–C) groups is 1. The zero-order valence-electron chi connectivity index (χ0n) is 12.0. The first-order valence-electron chi connectivity index (χ1n) is 6.60. The SMILES string of the molecule is Cc1ccc(N=Cc2ccc(OCC(=O)O)cc2)cc1C. The number of aryl methyl sites for hydroxylation is 2. The second-order valence-electron chi connectivity index (χ2n) is 4.78. The molecule has 21 heavy (non-hydrogen) atoms. The van der Waals surface area contributed by atoms with Crippen LogP contribution in [-0.2, 0) is 4.79 Å². The van der Waals surface area contributed by atoms with Crippen LogP contribution in [0.2, 0.25) is 0 Å². The molecule has 0 spiro atoms. The maximum atomic E-state index is 10.4. The third kappa shape index (κ3) is 4.45. The Morgan fingerprint density at radius 3 is 2.48 bits per heavy atom. The Hall–Kier alpha value is -2.62. The van der Waals surface area contributed by atoms with E-state index < -0.39 is 5.97 Å². The van der Waals surface area contributed by atoms with Gasteiger partial charge < -0.3 is 9.84 Å². The molecular weight excluding hydrogens is 266 g/mol. The normalized spacial score (nSPS) is 10.8. The van der Waals surface area contributed by atoms with E-state index in [9.17, 15) is 4.79 Å². The summed E-state index contributed by atoms with van der Waals surface area (Å²) in [5, 5.41) is 8.54. The molecule has 108 valence electrons. The molecule has 0 amide bonds. The largest absolute Gasteiger partial charge is 0.482 e. The molecule has 4 nitrogen and oxygen atoms in total. The predicted molar refractivity (Wildman–Crippen MR) is 82.7 cm³/mol. The standard InChI is InChI=1S/C17H17NO3/c1-12-3-6-15(9-13(12)2)18-10-14-4-7-16(8-5-14)21-11-17(19)20/h3-10H,11H2,1-2H3,(H,19,20).